The second-order valence-corrected chi connectivity index (χ2v) is 5.85. The molecule has 1 aromatic rings. The normalized spacial score (nSPS) is 10.7. The van der Waals surface area contributed by atoms with Gasteiger partial charge in [-0.1, -0.05) is 29.8 Å². The minimum absolute atomic E-state index is 0.0103. The zero-order chi connectivity index (χ0) is 16.0. The number of Topliss-reactive ketones (excluding diaryl/α,β-unsaturated/α-hetero) is 1. The molecule has 0 aliphatic carbocycles. The highest BCUT2D eigenvalue weighted by Crippen LogP contribution is 2.34. The summed E-state index contributed by atoms with van der Waals surface area (Å²) in [6.45, 7) is 6.43. The summed E-state index contributed by atoms with van der Waals surface area (Å²) in [6, 6.07) is 2.83. The van der Waals surface area contributed by atoms with E-state index in [4.69, 9.17) is 9.47 Å². The van der Waals surface area contributed by atoms with Crippen LogP contribution >= 0.6 is 15.9 Å². The highest BCUT2D eigenvalue weighted by atomic mass is 79.9. The van der Waals surface area contributed by atoms with Gasteiger partial charge in [0, 0.05) is 17.1 Å². The smallest absolute Gasteiger partial charge is 0.312 e. The molecule has 0 aliphatic heterocycles. The van der Waals surface area contributed by atoms with Crippen molar-refractivity contribution >= 4 is 27.4 Å². The third-order valence-corrected chi connectivity index (χ3v) is 2.99. The maximum Gasteiger partial charge on any atom is 0.312 e. The Bertz CT molecular complexity index is 495. The SMILES string of the molecule is CC(=O)c1cc(Br)cc([N+](=O)[O-])c1OCCOCC(C)C. The van der Waals surface area contributed by atoms with Crippen LogP contribution in [0.2, 0.25) is 0 Å². The average Bonchev–Trinajstić information content (AvgIpc) is 2.38. The molecule has 0 amide bonds. The van der Waals surface area contributed by atoms with E-state index in [1.807, 2.05) is 13.8 Å². The number of carbonyl (C=O) groups is 1. The lowest BCUT2D eigenvalue weighted by molar-refractivity contribution is -0.386. The van der Waals surface area contributed by atoms with E-state index in [0.29, 0.717) is 23.6 Å². The van der Waals surface area contributed by atoms with Crippen LogP contribution in [0.25, 0.3) is 0 Å². The number of carbonyl (C=O) groups excluding carboxylic acids is 1. The van der Waals surface area contributed by atoms with Crippen LogP contribution in [0.3, 0.4) is 0 Å². The molecule has 21 heavy (non-hydrogen) atoms. The molecule has 7 heteroatoms. The van der Waals surface area contributed by atoms with Gasteiger partial charge in [-0.3, -0.25) is 14.9 Å². The van der Waals surface area contributed by atoms with E-state index >= 15 is 0 Å². The van der Waals surface area contributed by atoms with E-state index in [1.54, 1.807) is 0 Å². The van der Waals surface area contributed by atoms with Gasteiger partial charge in [0.15, 0.2) is 5.78 Å². The van der Waals surface area contributed by atoms with Gasteiger partial charge in [-0.15, -0.1) is 0 Å². The number of nitro groups is 1. The van der Waals surface area contributed by atoms with Crippen molar-refractivity contribution in [2.45, 2.75) is 20.8 Å². The number of hydrogen-bond donors (Lipinski definition) is 0. The second-order valence-electron chi connectivity index (χ2n) is 4.93. The van der Waals surface area contributed by atoms with Crippen molar-refractivity contribution in [3.63, 3.8) is 0 Å². The Labute approximate surface area is 131 Å². The van der Waals surface area contributed by atoms with Crippen LogP contribution in [0.1, 0.15) is 31.1 Å². The number of nitrogens with zero attached hydrogens (tertiary/aromatic N) is 1. The summed E-state index contributed by atoms with van der Waals surface area (Å²) in [5, 5.41) is 11.1. The van der Waals surface area contributed by atoms with Crippen LogP contribution in [0.4, 0.5) is 5.69 Å². The molecule has 0 heterocycles. The topological polar surface area (TPSA) is 78.7 Å². The number of halogens is 1. The largest absolute Gasteiger partial charge is 0.484 e. The number of ether oxygens (including phenoxy) is 2. The predicted octanol–water partition coefficient (Wildman–Crippen LogP) is 3.61. The average molecular weight is 360 g/mol. The fraction of sp³-hybridized carbons (Fsp3) is 0.500. The fourth-order valence-corrected chi connectivity index (χ4v) is 2.10. The fourth-order valence-electron chi connectivity index (χ4n) is 1.65. The molecule has 0 N–H and O–H groups in total. The summed E-state index contributed by atoms with van der Waals surface area (Å²) >= 11 is 3.16. The highest BCUT2D eigenvalue weighted by Gasteiger charge is 2.23. The molecule has 0 atom stereocenters. The van der Waals surface area contributed by atoms with Gasteiger partial charge in [-0.25, -0.2) is 0 Å². The zero-order valence-corrected chi connectivity index (χ0v) is 13.8. The van der Waals surface area contributed by atoms with Gasteiger partial charge in [-0.2, -0.15) is 0 Å². The molecule has 0 spiro atoms. The molecule has 0 fully saturated rings. The lowest BCUT2D eigenvalue weighted by Crippen LogP contribution is -2.12. The molecule has 1 aromatic carbocycles. The molecular formula is C14H18BrNO5. The van der Waals surface area contributed by atoms with E-state index in [2.05, 4.69) is 15.9 Å². The molecule has 0 bridgehead atoms. The summed E-state index contributed by atoms with van der Waals surface area (Å²) in [5.41, 5.74) is -0.0571. The molecule has 0 radical (unpaired) electrons. The summed E-state index contributed by atoms with van der Waals surface area (Å²) in [4.78, 5) is 22.1. The first-order valence-corrected chi connectivity index (χ1v) is 7.31. The number of nitro benzene ring substituents is 1. The van der Waals surface area contributed by atoms with Crippen molar-refractivity contribution in [3.8, 4) is 5.75 Å². The molecule has 116 valence electrons. The van der Waals surface area contributed by atoms with E-state index < -0.39 is 4.92 Å². The van der Waals surface area contributed by atoms with Crippen molar-refractivity contribution in [1.82, 2.24) is 0 Å². The minimum Gasteiger partial charge on any atom is -0.484 e. The summed E-state index contributed by atoms with van der Waals surface area (Å²) in [6.07, 6.45) is 0. The Kier molecular flexibility index (Phi) is 6.77. The zero-order valence-electron chi connectivity index (χ0n) is 12.2. The van der Waals surface area contributed by atoms with Gasteiger partial charge in [0.05, 0.1) is 17.1 Å². The first kappa shape index (κ1) is 17.6. The van der Waals surface area contributed by atoms with Gasteiger partial charge >= 0.3 is 5.69 Å². The molecule has 0 saturated carbocycles. The van der Waals surface area contributed by atoms with E-state index in [9.17, 15) is 14.9 Å². The monoisotopic (exact) mass is 359 g/mol. The molecule has 0 aromatic heterocycles. The Morgan fingerprint density at radius 2 is 2.05 bits per heavy atom. The number of rotatable bonds is 8. The summed E-state index contributed by atoms with van der Waals surface area (Å²) in [7, 11) is 0. The van der Waals surface area contributed by atoms with Crippen LogP contribution < -0.4 is 4.74 Å². The van der Waals surface area contributed by atoms with Gasteiger partial charge in [0.25, 0.3) is 0 Å². The van der Waals surface area contributed by atoms with Crippen molar-refractivity contribution < 1.29 is 19.2 Å². The Balaban J connectivity index is 2.88. The molecule has 1 rings (SSSR count). The van der Waals surface area contributed by atoms with Gasteiger partial charge in [-0.05, 0) is 18.9 Å². The van der Waals surface area contributed by atoms with Crippen LogP contribution in [-0.4, -0.2) is 30.5 Å². The van der Waals surface area contributed by atoms with Gasteiger partial charge in [0.1, 0.15) is 6.61 Å². The lowest BCUT2D eigenvalue weighted by atomic mass is 10.1. The summed E-state index contributed by atoms with van der Waals surface area (Å²) in [5.74, 6) is 0.0983. The third-order valence-electron chi connectivity index (χ3n) is 2.54. The minimum atomic E-state index is -0.568. The van der Waals surface area contributed by atoms with Crippen molar-refractivity contribution in [1.29, 1.82) is 0 Å². The molecule has 0 unspecified atom stereocenters. The predicted molar refractivity (Wildman–Crippen MR) is 82.0 cm³/mol. The Morgan fingerprint density at radius 1 is 1.38 bits per heavy atom. The number of benzene rings is 1. The maximum absolute atomic E-state index is 11.6. The van der Waals surface area contributed by atoms with Crippen LogP contribution in [0.15, 0.2) is 16.6 Å². The Morgan fingerprint density at radius 3 is 2.57 bits per heavy atom. The number of ketones is 1. The van der Waals surface area contributed by atoms with Gasteiger partial charge in [0.2, 0.25) is 5.75 Å². The van der Waals surface area contributed by atoms with E-state index in [0.717, 1.165) is 0 Å². The van der Waals surface area contributed by atoms with E-state index in [1.165, 1.54) is 19.1 Å². The Hall–Kier alpha value is -1.47. The molecule has 0 aliphatic rings. The van der Waals surface area contributed by atoms with Crippen LogP contribution in [0, 0.1) is 16.0 Å². The second kappa shape index (κ2) is 8.09. The van der Waals surface area contributed by atoms with Crippen LogP contribution in [0.5, 0.6) is 5.75 Å². The molecule has 6 nitrogen and oxygen atoms in total. The quantitative estimate of drug-likeness (QED) is 0.306. The summed E-state index contributed by atoms with van der Waals surface area (Å²) < 4.78 is 11.2. The maximum atomic E-state index is 11.6. The molecule has 0 saturated heterocycles. The highest BCUT2D eigenvalue weighted by molar-refractivity contribution is 9.10. The van der Waals surface area contributed by atoms with Crippen molar-refractivity contribution in [2.75, 3.05) is 19.8 Å². The first-order chi connectivity index (χ1) is 9.82. The van der Waals surface area contributed by atoms with Gasteiger partial charge < -0.3 is 9.47 Å². The number of hydrogen-bond acceptors (Lipinski definition) is 5. The standard InChI is InChI=1S/C14H18BrNO5/c1-9(2)8-20-4-5-21-14-12(10(3)17)6-11(15)7-13(14)16(18)19/h6-7,9H,4-5,8H2,1-3H3. The lowest BCUT2D eigenvalue weighted by Gasteiger charge is -2.12. The molecular weight excluding hydrogens is 342 g/mol. The van der Waals surface area contributed by atoms with Crippen molar-refractivity contribution in [2.24, 2.45) is 5.92 Å². The third kappa shape index (κ3) is 5.43. The first-order valence-electron chi connectivity index (χ1n) is 6.52. The van der Waals surface area contributed by atoms with E-state index in [-0.39, 0.29) is 29.4 Å². The van der Waals surface area contributed by atoms with Crippen LogP contribution in [-0.2, 0) is 4.74 Å². The van der Waals surface area contributed by atoms with Crippen molar-refractivity contribution in [3.05, 3.63) is 32.3 Å².